The Morgan fingerprint density at radius 1 is 1.01 bits per heavy atom. The lowest BCUT2D eigenvalue weighted by atomic mass is 9.70. The summed E-state index contributed by atoms with van der Waals surface area (Å²) in [5, 5.41) is 26.1. The Morgan fingerprint density at radius 2 is 1.76 bits per heavy atom. The number of hydrogen-bond donors (Lipinski definition) is 5. The average Bonchev–Trinajstić information content (AvgIpc) is 3.97. The Bertz CT molecular complexity index is 2800. The minimum atomic E-state index is -4.72. The van der Waals surface area contributed by atoms with Gasteiger partial charge in [0.2, 0.25) is 5.82 Å². The van der Waals surface area contributed by atoms with Crippen molar-refractivity contribution in [2.45, 2.75) is 107 Å². The zero-order chi connectivity index (χ0) is 47.3. The SMILES string of the molecule is CC(C)c1ccccc1[C@@H]1CCC[C@@H]1N1CC2(CCN(c3ccc(C(=O)NS(=O)(=O)c4cnc(NCC5CCC(C)(O)CC5)c([N+](=O)[O-])c4)c(Oc4cc5cc[nH]c5nc4C(N)=O)c3)CC2)C1. The lowest BCUT2D eigenvalue weighted by Crippen LogP contribution is -2.63. The maximum atomic E-state index is 14.1. The summed E-state index contributed by atoms with van der Waals surface area (Å²) in [5.74, 6) is -1.00. The molecule has 2 aliphatic carbocycles. The van der Waals surface area contributed by atoms with Gasteiger partial charge in [-0.1, -0.05) is 44.5 Å². The minimum Gasteiger partial charge on any atom is -0.454 e. The Kier molecular flexibility index (Phi) is 12.5. The average molecular weight is 934 g/mol. The predicted molar refractivity (Wildman–Crippen MR) is 254 cm³/mol. The zero-order valence-electron chi connectivity index (χ0n) is 38.2. The number of pyridine rings is 2. The number of amides is 2. The third-order valence-corrected chi connectivity index (χ3v) is 16.0. The van der Waals surface area contributed by atoms with Crippen LogP contribution in [-0.2, 0) is 10.0 Å². The van der Waals surface area contributed by atoms with Gasteiger partial charge in [0, 0.05) is 68.2 Å². The fourth-order valence-electron chi connectivity index (χ4n) is 10.9. The summed E-state index contributed by atoms with van der Waals surface area (Å²) in [6.45, 7) is 10.3. The molecule has 18 heteroatoms. The summed E-state index contributed by atoms with van der Waals surface area (Å²) >= 11 is 0. The second-order valence-electron chi connectivity index (χ2n) is 19.7. The van der Waals surface area contributed by atoms with Crippen LogP contribution in [0.3, 0.4) is 0 Å². The molecule has 4 fully saturated rings. The predicted octanol–water partition coefficient (Wildman–Crippen LogP) is 7.59. The summed E-state index contributed by atoms with van der Waals surface area (Å²) in [7, 11) is -4.72. The second-order valence-corrected chi connectivity index (χ2v) is 21.4. The Balaban J connectivity index is 0.929. The fraction of sp³-hybridized carbons (Fsp3) is 0.469. The number of primary amides is 1. The van der Waals surface area contributed by atoms with Gasteiger partial charge >= 0.3 is 5.69 Å². The van der Waals surface area contributed by atoms with E-state index >= 15 is 0 Å². The molecular formula is C49H59N9O8S. The first kappa shape index (κ1) is 46.0. The van der Waals surface area contributed by atoms with Crippen molar-refractivity contribution in [3.05, 3.63) is 106 Å². The Morgan fingerprint density at radius 3 is 2.48 bits per heavy atom. The minimum absolute atomic E-state index is 0.0384. The highest BCUT2D eigenvalue weighted by molar-refractivity contribution is 7.90. The van der Waals surface area contributed by atoms with Crippen molar-refractivity contribution in [3.8, 4) is 11.5 Å². The van der Waals surface area contributed by atoms with Gasteiger partial charge in [-0.25, -0.2) is 23.1 Å². The van der Waals surface area contributed by atoms with Gasteiger partial charge in [-0.15, -0.1) is 0 Å². The highest BCUT2D eigenvalue weighted by Gasteiger charge is 2.49. The lowest BCUT2D eigenvalue weighted by molar-refractivity contribution is -0.384. The summed E-state index contributed by atoms with van der Waals surface area (Å²) in [5.41, 5.74) is 8.34. The van der Waals surface area contributed by atoms with E-state index < -0.39 is 42.9 Å². The first-order valence-electron chi connectivity index (χ1n) is 23.3. The summed E-state index contributed by atoms with van der Waals surface area (Å²) < 4.78 is 35.9. The van der Waals surface area contributed by atoms with E-state index in [9.17, 15) is 33.2 Å². The van der Waals surface area contributed by atoms with E-state index in [1.54, 1.807) is 37.4 Å². The number of piperidine rings is 1. The second kappa shape index (κ2) is 18.2. The van der Waals surface area contributed by atoms with Crippen LogP contribution < -0.4 is 25.4 Å². The molecule has 354 valence electrons. The largest absolute Gasteiger partial charge is 0.454 e. The molecule has 2 atom stereocenters. The monoisotopic (exact) mass is 933 g/mol. The van der Waals surface area contributed by atoms with Gasteiger partial charge in [-0.3, -0.25) is 24.6 Å². The van der Waals surface area contributed by atoms with Crippen LogP contribution in [0.1, 0.15) is 122 Å². The van der Waals surface area contributed by atoms with Crippen molar-refractivity contribution in [2.75, 3.05) is 42.9 Å². The number of carbonyl (C=O) groups excluding carboxylic acids is 2. The van der Waals surface area contributed by atoms with E-state index in [2.05, 4.69) is 68.2 Å². The molecule has 67 heavy (non-hydrogen) atoms. The summed E-state index contributed by atoms with van der Waals surface area (Å²) in [6, 6.07) is 18.5. The number of rotatable bonds is 14. The van der Waals surface area contributed by atoms with E-state index in [1.807, 2.05) is 4.72 Å². The number of nitro groups is 1. The van der Waals surface area contributed by atoms with E-state index in [0.29, 0.717) is 61.1 Å². The molecule has 5 heterocycles. The van der Waals surface area contributed by atoms with Crippen LogP contribution in [0, 0.1) is 21.4 Å². The van der Waals surface area contributed by atoms with Gasteiger partial charge in [0.25, 0.3) is 21.8 Å². The van der Waals surface area contributed by atoms with Crippen LogP contribution in [0.5, 0.6) is 11.5 Å². The van der Waals surface area contributed by atoms with Crippen molar-refractivity contribution >= 4 is 50.1 Å². The van der Waals surface area contributed by atoms with E-state index in [0.717, 1.165) is 57.0 Å². The summed E-state index contributed by atoms with van der Waals surface area (Å²) in [6.07, 6.45) is 10.8. The van der Waals surface area contributed by atoms with Gasteiger partial charge in [0.05, 0.1) is 22.3 Å². The van der Waals surface area contributed by atoms with Crippen LogP contribution in [0.25, 0.3) is 11.0 Å². The molecule has 2 aliphatic heterocycles. The van der Waals surface area contributed by atoms with Crippen LogP contribution in [0.2, 0.25) is 0 Å². The molecule has 1 spiro atoms. The number of H-pyrrole nitrogens is 1. The van der Waals surface area contributed by atoms with Gasteiger partial charge < -0.3 is 30.8 Å². The van der Waals surface area contributed by atoms with Crippen LogP contribution >= 0.6 is 0 Å². The van der Waals surface area contributed by atoms with Crippen molar-refractivity contribution in [1.29, 1.82) is 0 Å². The number of nitrogens with one attached hydrogen (secondary N) is 3. The highest BCUT2D eigenvalue weighted by atomic mass is 32.2. The molecular weight excluding hydrogens is 875 g/mol. The van der Waals surface area contributed by atoms with Gasteiger partial charge in [-0.05, 0) is 117 Å². The number of nitrogens with two attached hydrogens (primary N) is 1. The topological polar surface area (TPSA) is 239 Å². The van der Waals surface area contributed by atoms with Crippen LogP contribution in [0.4, 0.5) is 17.2 Å². The molecule has 2 saturated carbocycles. The quantitative estimate of drug-likeness (QED) is 0.0534. The van der Waals surface area contributed by atoms with Gasteiger partial charge in [0.1, 0.15) is 16.3 Å². The van der Waals surface area contributed by atoms with Gasteiger partial charge in [0.15, 0.2) is 11.4 Å². The molecule has 9 rings (SSSR count). The number of hydrogen-bond acceptors (Lipinski definition) is 13. The van der Waals surface area contributed by atoms with Crippen molar-refractivity contribution < 1.29 is 32.8 Å². The molecule has 6 N–H and O–H groups in total. The number of nitrogens with zero attached hydrogens (tertiary/aromatic N) is 5. The molecule has 0 unspecified atom stereocenters. The maximum absolute atomic E-state index is 14.1. The number of aliphatic hydroxyl groups is 1. The molecule has 2 aromatic carbocycles. The Labute approximate surface area is 390 Å². The number of benzene rings is 2. The maximum Gasteiger partial charge on any atom is 0.312 e. The Hall–Kier alpha value is -6.11. The first-order chi connectivity index (χ1) is 32.0. The normalized spacial score (nSPS) is 23.0. The number of carbonyl (C=O) groups is 2. The number of aromatic nitrogens is 3. The third-order valence-electron chi connectivity index (χ3n) is 14.7. The molecule has 3 aromatic heterocycles. The number of likely N-dealkylation sites (tertiary alicyclic amines) is 1. The molecule has 5 aromatic rings. The van der Waals surface area contributed by atoms with E-state index in [-0.39, 0.29) is 39.9 Å². The number of ether oxygens (including phenoxy) is 1. The number of anilines is 2. The van der Waals surface area contributed by atoms with E-state index in [1.165, 1.54) is 36.5 Å². The fourth-order valence-corrected chi connectivity index (χ4v) is 11.8. The molecule has 2 saturated heterocycles. The molecule has 0 radical (unpaired) electrons. The van der Waals surface area contributed by atoms with E-state index in [4.69, 9.17) is 10.5 Å². The standard InChI is InChI=1S/C49H59N9O8S/c1-30(2)35-7-4-5-8-36(35)37-9-6-10-39(37)57-28-49(29-57)18-21-56(22-19-49)33-11-12-38(41(24-33)66-42-23-32-15-20-51-45(32)54-43(42)44(50)59)47(60)55-67(64,65)34-25-40(58(62)63)46(53-27-34)52-26-31-13-16-48(3,61)17-14-31/h4-5,7-8,11-12,15,20,23-25,27,30-31,37,39,61H,6,9-10,13-14,16-19,21-22,26,28-29H2,1-3H3,(H2,50,59)(H,51,54)(H,52,53)(H,55,60)/t31?,37-,39-,48?/m0/s1. The molecule has 4 aliphatic rings. The molecule has 0 bridgehead atoms. The lowest BCUT2D eigenvalue weighted by Gasteiger charge is -2.57. The van der Waals surface area contributed by atoms with Crippen molar-refractivity contribution in [1.82, 2.24) is 24.6 Å². The van der Waals surface area contributed by atoms with Crippen LogP contribution in [-0.4, -0.2) is 94.5 Å². The van der Waals surface area contributed by atoms with Crippen molar-refractivity contribution in [3.63, 3.8) is 0 Å². The molecule has 17 nitrogen and oxygen atoms in total. The summed E-state index contributed by atoms with van der Waals surface area (Å²) in [4.78, 5) is 53.9. The number of aromatic amines is 1. The number of fused-ring (bicyclic) bond motifs is 1. The van der Waals surface area contributed by atoms with Gasteiger partial charge in [-0.2, -0.15) is 0 Å². The first-order valence-corrected chi connectivity index (χ1v) is 24.8. The third kappa shape index (κ3) is 9.56. The zero-order valence-corrected chi connectivity index (χ0v) is 39.0. The number of sulfonamides is 1. The van der Waals surface area contributed by atoms with Crippen LogP contribution in [0.15, 0.2) is 78.0 Å². The van der Waals surface area contributed by atoms with Crippen molar-refractivity contribution in [2.24, 2.45) is 17.1 Å². The smallest absolute Gasteiger partial charge is 0.312 e. The molecule has 2 amide bonds. The highest BCUT2D eigenvalue weighted by Crippen LogP contribution is 2.49.